The lowest BCUT2D eigenvalue weighted by molar-refractivity contribution is -0.120. The summed E-state index contributed by atoms with van der Waals surface area (Å²) in [5.74, 6) is 1.59. The van der Waals surface area contributed by atoms with E-state index in [1.165, 1.54) is 18.4 Å². The predicted molar refractivity (Wildman–Crippen MR) is 79.8 cm³/mol. The van der Waals surface area contributed by atoms with Crippen LogP contribution in [-0.2, 0) is 4.79 Å². The first-order chi connectivity index (χ1) is 9.74. The minimum absolute atomic E-state index is 0.0750. The minimum atomic E-state index is 0.0750. The lowest BCUT2D eigenvalue weighted by Crippen LogP contribution is -2.36. The van der Waals surface area contributed by atoms with Crippen LogP contribution in [0.15, 0.2) is 24.3 Å². The van der Waals surface area contributed by atoms with Gasteiger partial charge in [-0.2, -0.15) is 0 Å². The van der Waals surface area contributed by atoms with Gasteiger partial charge in [0, 0.05) is 12.6 Å². The van der Waals surface area contributed by atoms with Crippen molar-refractivity contribution >= 4 is 5.91 Å². The molecule has 0 saturated heterocycles. The standard InChI is InChI=1S/C16H24N2O2/c1-3-10-17-15(19)11-18-16(12-4-5-12)13-6-8-14(20-2)9-7-13/h6-9,12,16,18H,3-5,10-11H2,1-2H3,(H,17,19). The van der Waals surface area contributed by atoms with Crippen molar-refractivity contribution in [1.82, 2.24) is 10.6 Å². The van der Waals surface area contributed by atoms with Crippen LogP contribution in [-0.4, -0.2) is 26.1 Å². The van der Waals surface area contributed by atoms with Crippen LogP contribution in [0.5, 0.6) is 5.75 Å². The second-order valence-electron chi connectivity index (χ2n) is 5.32. The molecule has 1 unspecified atom stereocenters. The van der Waals surface area contributed by atoms with Gasteiger partial charge in [-0.15, -0.1) is 0 Å². The molecule has 4 heteroatoms. The van der Waals surface area contributed by atoms with Gasteiger partial charge in [-0.3, -0.25) is 4.79 Å². The molecule has 1 amide bonds. The van der Waals surface area contributed by atoms with Gasteiger partial charge in [0.2, 0.25) is 5.91 Å². The van der Waals surface area contributed by atoms with Crippen molar-refractivity contribution in [3.8, 4) is 5.75 Å². The molecule has 110 valence electrons. The van der Waals surface area contributed by atoms with Crippen LogP contribution in [0.4, 0.5) is 0 Å². The summed E-state index contributed by atoms with van der Waals surface area (Å²) in [7, 11) is 1.67. The summed E-state index contributed by atoms with van der Waals surface area (Å²) >= 11 is 0. The van der Waals surface area contributed by atoms with Crippen molar-refractivity contribution in [2.75, 3.05) is 20.2 Å². The molecule has 1 aliphatic carbocycles. The lowest BCUT2D eigenvalue weighted by Gasteiger charge is -2.19. The highest BCUT2D eigenvalue weighted by Crippen LogP contribution is 2.41. The first-order valence-corrected chi connectivity index (χ1v) is 7.38. The highest BCUT2D eigenvalue weighted by molar-refractivity contribution is 5.78. The molecule has 2 N–H and O–H groups in total. The Bertz CT molecular complexity index is 427. The number of carbonyl (C=O) groups excluding carboxylic acids is 1. The second-order valence-corrected chi connectivity index (χ2v) is 5.32. The average Bonchev–Trinajstić information content (AvgIpc) is 3.30. The molecule has 0 aromatic heterocycles. The van der Waals surface area contributed by atoms with E-state index in [1.54, 1.807) is 7.11 Å². The molecular formula is C16H24N2O2. The van der Waals surface area contributed by atoms with E-state index in [-0.39, 0.29) is 11.9 Å². The van der Waals surface area contributed by atoms with Crippen molar-refractivity contribution in [2.45, 2.75) is 32.2 Å². The Morgan fingerprint density at radius 2 is 2.05 bits per heavy atom. The Hall–Kier alpha value is -1.55. The van der Waals surface area contributed by atoms with Crippen LogP contribution in [0.25, 0.3) is 0 Å². The van der Waals surface area contributed by atoms with Gasteiger partial charge in [0.05, 0.1) is 13.7 Å². The summed E-state index contributed by atoms with van der Waals surface area (Å²) in [6.45, 7) is 3.18. The summed E-state index contributed by atoms with van der Waals surface area (Å²) < 4.78 is 5.18. The van der Waals surface area contributed by atoms with Crippen LogP contribution in [0.2, 0.25) is 0 Å². The number of carbonyl (C=O) groups is 1. The largest absolute Gasteiger partial charge is 0.497 e. The second kappa shape index (κ2) is 7.29. The third-order valence-electron chi connectivity index (χ3n) is 3.62. The van der Waals surface area contributed by atoms with E-state index in [0.717, 1.165) is 18.7 Å². The van der Waals surface area contributed by atoms with Crippen LogP contribution in [0.3, 0.4) is 0 Å². The van der Waals surface area contributed by atoms with Gasteiger partial charge in [-0.25, -0.2) is 0 Å². The fourth-order valence-corrected chi connectivity index (χ4v) is 2.33. The number of benzene rings is 1. The van der Waals surface area contributed by atoms with Crippen molar-refractivity contribution in [2.24, 2.45) is 5.92 Å². The van der Waals surface area contributed by atoms with E-state index >= 15 is 0 Å². The van der Waals surface area contributed by atoms with Crippen LogP contribution in [0.1, 0.15) is 37.8 Å². The molecule has 0 aliphatic heterocycles. The fraction of sp³-hybridized carbons (Fsp3) is 0.562. The topological polar surface area (TPSA) is 50.4 Å². The molecule has 1 atom stereocenters. The molecule has 0 radical (unpaired) electrons. The van der Waals surface area contributed by atoms with Crippen LogP contribution in [0, 0.1) is 5.92 Å². The molecule has 1 aliphatic rings. The third-order valence-corrected chi connectivity index (χ3v) is 3.62. The minimum Gasteiger partial charge on any atom is -0.497 e. The highest BCUT2D eigenvalue weighted by atomic mass is 16.5. The van der Waals surface area contributed by atoms with Gasteiger partial charge in [-0.1, -0.05) is 19.1 Å². The molecule has 1 saturated carbocycles. The fourth-order valence-electron chi connectivity index (χ4n) is 2.33. The highest BCUT2D eigenvalue weighted by Gasteiger charge is 2.32. The van der Waals surface area contributed by atoms with Crippen molar-refractivity contribution in [3.63, 3.8) is 0 Å². The monoisotopic (exact) mass is 276 g/mol. The van der Waals surface area contributed by atoms with E-state index in [4.69, 9.17) is 4.74 Å². The normalized spacial score (nSPS) is 15.7. The molecule has 1 fully saturated rings. The summed E-state index contributed by atoms with van der Waals surface area (Å²) in [5.41, 5.74) is 1.23. The van der Waals surface area contributed by atoms with Gasteiger partial charge in [-0.05, 0) is 42.9 Å². The van der Waals surface area contributed by atoms with Crippen LogP contribution < -0.4 is 15.4 Å². The molecule has 0 spiro atoms. The Balaban J connectivity index is 1.91. The van der Waals surface area contributed by atoms with Gasteiger partial charge >= 0.3 is 0 Å². The predicted octanol–water partition coefficient (Wildman–Crippen LogP) is 2.26. The zero-order chi connectivity index (χ0) is 14.4. The number of hydrogen-bond donors (Lipinski definition) is 2. The van der Waals surface area contributed by atoms with Crippen molar-refractivity contribution in [3.05, 3.63) is 29.8 Å². The molecule has 2 rings (SSSR count). The SMILES string of the molecule is CCCNC(=O)CNC(c1ccc(OC)cc1)C1CC1. The maximum Gasteiger partial charge on any atom is 0.233 e. The number of hydrogen-bond acceptors (Lipinski definition) is 3. The molecule has 1 aromatic carbocycles. The van der Waals surface area contributed by atoms with E-state index in [9.17, 15) is 4.79 Å². The average molecular weight is 276 g/mol. The zero-order valence-corrected chi connectivity index (χ0v) is 12.3. The first kappa shape index (κ1) is 14.9. The maximum atomic E-state index is 11.7. The number of methoxy groups -OCH3 is 1. The number of rotatable bonds is 8. The zero-order valence-electron chi connectivity index (χ0n) is 12.3. The van der Waals surface area contributed by atoms with Crippen LogP contribution >= 0.6 is 0 Å². The van der Waals surface area contributed by atoms with E-state index < -0.39 is 0 Å². The summed E-state index contributed by atoms with van der Waals surface area (Å²) in [5, 5.41) is 6.29. The van der Waals surface area contributed by atoms with Crippen molar-refractivity contribution in [1.29, 1.82) is 0 Å². The number of nitrogens with one attached hydrogen (secondary N) is 2. The third kappa shape index (κ3) is 4.23. The summed E-state index contributed by atoms with van der Waals surface area (Å²) in [6.07, 6.45) is 3.44. The molecule has 0 bridgehead atoms. The maximum absolute atomic E-state index is 11.7. The molecule has 1 aromatic rings. The van der Waals surface area contributed by atoms with Gasteiger partial charge < -0.3 is 15.4 Å². The Morgan fingerprint density at radius 1 is 1.35 bits per heavy atom. The molecule has 20 heavy (non-hydrogen) atoms. The first-order valence-electron chi connectivity index (χ1n) is 7.38. The summed E-state index contributed by atoms with van der Waals surface area (Å²) in [6, 6.07) is 8.39. The quantitative estimate of drug-likeness (QED) is 0.766. The van der Waals surface area contributed by atoms with Gasteiger partial charge in [0.15, 0.2) is 0 Å². The van der Waals surface area contributed by atoms with Gasteiger partial charge in [0.25, 0.3) is 0 Å². The van der Waals surface area contributed by atoms with Gasteiger partial charge in [0.1, 0.15) is 5.75 Å². The molecule has 0 heterocycles. The lowest BCUT2D eigenvalue weighted by atomic mass is 10.0. The van der Waals surface area contributed by atoms with E-state index in [0.29, 0.717) is 12.5 Å². The molecular weight excluding hydrogens is 252 g/mol. The number of ether oxygens (including phenoxy) is 1. The van der Waals surface area contributed by atoms with E-state index in [2.05, 4.69) is 29.7 Å². The Labute approximate surface area is 120 Å². The Kier molecular flexibility index (Phi) is 5.41. The molecule has 4 nitrogen and oxygen atoms in total. The smallest absolute Gasteiger partial charge is 0.233 e. The number of amides is 1. The summed E-state index contributed by atoms with van der Waals surface area (Å²) in [4.78, 5) is 11.7. The Morgan fingerprint density at radius 3 is 2.60 bits per heavy atom. The van der Waals surface area contributed by atoms with Crippen molar-refractivity contribution < 1.29 is 9.53 Å². The van der Waals surface area contributed by atoms with E-state index in [1.807, 2.05) is 12.1 Å².